The van der Waals surface area contributed by atoms with Crippen LogP contribution in [-0.4, -0.2) is 35.2 Å². The molecule has 1 saturated carbocycles. The van der Waals surface area contributed by atoms with Gasteiger partial charge in [0.15, 0.2) is 0 Å². The summed E-state index contributed by atoms with van der Waals surface area (Å²) < 4.78 is 23.8. The predicted molar refractivity (Wildman–Crippen MR) is 140 cm³/mol. The van der Waals surface area contributed by atoms with E-state index in [2.05, 4.69) is 31.2 Å². The predicted octanol–water partition coefficient (Wildman–Crippen LogP) is 8.14. The van der Waals surface area contributed by atoms with E-state index < -0.39 is 8.80 Å². The highest BCUT2D eigenvalue weighted by molar-refractivity contribution is 6.60. The van der Waals surface area contributed by atoms with Crippen LogP contribution in [0.5, 0.6) is 5.75 Å². The molecule has 0 spiro atoms. The van der Waals surface area contributed by atoms with Crippen LogP contribution in [0.15, 0.2) is 24.3 Å². The summed E-state index contributed by atoms with van der Waals surface area (Å²) in [7, 11) is -2.57. The first-order chi connectivity index (χ1) is 16.2. The van der Waals surface area contributed by atoms with E-state index in [0.717, 1.165) is 30.1 Å². The first-order valence-electron chi connectivity index (χ1n) is 13.8. The molecule has 0 saturated heterocycles. The van der Waals surface area contributed by atoms with Gasteiger partial charge in [0.25, 0.3) is 0 Å². The van der Waals surface area contributed by atoms with Crippen LogP contribution in [0.25, 0.3) is 0 Å². The van der Waals surface area contributed by atoms with E-state index in [1.54, 1.807) is 0 Å². The fraction of sp³-hybridized carbons (Fsp3) is 0.786. The summed E-state index contributed by atoms with van der Waals surface area (Å²) in [6.45, 7) is 10.8. The monoisotopic (exact) mass is 478 g/mol. The fourth-order valence-electron chi connectivity index (χ4n) is 5.14. The zero-order valence-electron chi connectivity index (χ0n) is 21.9. The van der Waals surface area contributed by atoms with Crippen molar-refractivity contribution in [3.8, 4) is 5.75 Å². The van der Waals surface area contributed by atoms with Crippen LogP contribution < -0.4 is 4.74 Å². The molecule has 0 amide bonds. The molecule has 0 N–H and O–H groups in total. The summed E-state index contributed by atoms with van der Waals surface area (Å²) in [5.74, 6) is 2.65. The maximum Gasteiger partial charge on any atom is 0.501 e. The van der Waals surface area contributed by atoms with Crippen LogP contribution in [0.1, 0.15) is 110 Å². The topological polar surface area (TPSA) is 36.9 Å². The average molecular weight is 479 g/mol. The van der Waals surface area contributed by atoms with Gasteiger partial charge in [0.1, 0.15) is 5.75 Å². The van der Waals surface area contributed by atoms with E-state index in [1.165, 1.54) is 69.8 Å². The largest absolute Gasteiger partial charge is 0.501 e. The van der Waals surface area contributed by atoms with Crippen LogP contribution >= 0.6 is 0 Å². The maximum absolute atomic E-state index is 6.02. The molecule has 5 heteroatoms. The normalized spacial score (nSPS) is 19.0. The Bertz CT molecular complexity index is 581. The standard InChI is InChI=1S/C28H50O4Si/c1-5-9-10-11-12-14-25-15-17-26(18-16-25)27-19-21-28(22-20-27)29-23-13-24-33(30-6-2,31-7-3)32-8-4/h19-22,25-26H,5-18,23-24H2,1-4H3. The Labute approximate surface area is 205 Å². The molecule has 2 rings (SSSR count). The highest BCUT2D eigenvalue weighted by Crippen LogP contribution is 2.38. The molecule has 1 aromatic carbocycles. The molecule has 190 valence electrons. The van der Waals surface area contributed by atoms with E-state index in [9.17, 15) is 0 Å². The SMILES string of the molecule is CCCCCCCC1CCC(c2ccc(OCCC[Si](OCC)(OCC)OCC)cc2)CC1. The molecule has 1 aliphatic rings. The highest BCUT2D eigenvalue weighted by atomic mass is 28.4. The van der Waals surface area contributed by atoms with Gasteiger partial charge in [0, 0.05) is 25.9 Å². The summed E-state index contributed by atoms with van der Waals surface area (Å²) in [6, 6.07) is 9.65. The molecule has 0 heterocycles. The Kier molecular flexibility index (Phi) is 14.3. The van der Waals surface area contributed by atoms with Crippen molar-refractivity contribution >= 4 is 8.80 Å². The number of hydrogen-bond donors (Lipinski definition) is 0. The van der Waals surface area contributed by atoms with Gasteiger partial charge in [-0.1, -0.05) is 57.6 Å². The van der Waals surface area contributed by atoms with Crippen molar-refractivity contribution in [2.45, 2.75) is 110 Å². The van der Waals surface area contributed by atoms with Crippen molar-refractivity contribution in [3.05, 3.63) is 29.8 Å². The summed E-state index contributed by atoms with van der Waals surface area (Å²) >= 11 is 0. The number of hydrogen-bond acceptors (Lipinski definition) is 4. The Morgan fingerprint density at radius 3 is 1.91 bits per heavy atom. The third-order valence-corrected chi connectivity index (χ3v) is 10.1. The van der Waals surface area contributed by atoms with Gasteiger partial charge in [-0.2, -0.15) is 0 Å². The fourth-order valence-corrected chi connectivity index (χ4v) is 7.72. The van der Waals surface area contributed by atoms with Crippen LogP contribution in [0.2, 0.25) is 6.04 Å². The molecule has 0 bridgehead atoms. The summed E-state index contributed by atoms with van der Waals surface area (Å²) in [6.07, 6.45) is 14.9. The smallest absolute Gasteiger partial charge is 0.494 e. The zero-order chi connectivity index (χ0) is 23.8. The van der Waals surface area contributed by atoms with Crippen LogP contribution in [-0.2, 0) is 13.3 Å². The Balaban J connectivity index is 1.69. The summed E-state index contributed by atoms with van der Waals surface area (Å²) in [5, 5.41) is 0. The second-order valence-corrected chi connectivity index (χ2v) is 12.2. The third-order valence-electron chi connectivity index (χ3n) is 6.90. The first-order valence-corrected chi connectivity index (χ1v) is 15.7. The molecule has 1 fully saturated rings. The number of ether oxygens (including phenoxy) is 1. The summed E-state index contributed by atoms with van der Waals surface area (Å²) in [5.41, 5.74) is 1.49. The molecular formula is C28H50O4Si. The van der Waals surface area contributed by atoms with Crippen molar-refractivity contribution in [1.82, 2.24) is 0 Å². The van der Waals surface area contributed by atoms with Gasteiger partial charge >= 0.3 is 8.80 Å². The lowest BCUT2D eigenvalue weighted by molar-refractivity contribution is 0.0696. The lowest BCUT2D eigenvalue weighted by Gasteiger charge is -2.29. The van der Waals surface area contributed by atoms with E-state index in [1.807, 2.05) is 20.8 Å². The first kappa shape index (κ1) is 28.4. The summed E-state index contributed by atoms with van der Waals surface area (Å²) in [4.78, 5) is 0. The van der Waals surface area contributed by atoms with E-state index in [4.69, 9.17) is 18.0 Å². The molecule has 0 atom stereocenters. The van der Waals surface area contributed by atoms with Gasteiger partial charge in [-0.05, 0) is 82.4 Å². The minimum atomic E-state index is -2.57. The second-order valence-electron chi connectivity index (χ2n) is 9.42. The van der Waals surface area contributed by atoms with Crippen molar-refractivity contribution < 1.29 is 18.0 Å². The van der Waals surface area contributed by atoms with Gasteiger partial charge in [0.2, 0.25) is 0 Å². The van der Waals surface area contributed by atoms with Crippen LogP contribution in [0.4, 0.5) is 0 Å². The van der Waals surface area contributed by atoms with Crippen molar-refractivity contribution in [2.24, 2.45) is 5.92 Å². The van der Waals surface area contributed by atoms with Crippen molar-refractivity contribution in [3.63, 3.8) is 0 Å². The molecule has 0 unspecified atom stereocenters. The Morgan fingerprint density at radius 2 is 1.33 bits per heavy atom. The molecule has 0 radical (unpaired) electrons. The highest BCUT2D eigenvalue weighted by Gasteiger charge is 2.39. The van der Waals surface area contributed by atoms with Gasteiger partial charge in [-0.15, -0.1) is 0 Å². The van der Waals surface area contributed by atoms with E-state index in [0.29, 0.717) is 26.4 Å². The Hall–Kier alpha value is -0.883. The van der Waals surface area contributed by atoms with Crippen LogP contribution in [0.3, 0.4) is 0 Å². The third kappa shape index (κ3) is 10.5. The molecule has 0 aliphatic heterocycles. The quantitative estimate of drug-likeness (QED) is 0.158. The molecule has 1 aliphatic carbocycles. The molecular weight excluding hydrogens is 428 g/mol. The minimum Gasteiger partial charge on any atom is -0.494 e. The molecule has 1 aromatic rings. The van der Waals surface area contributed by atoms with E-state index in [-0.39, 0.29) is 0 Å². The number of unbranched alkanes of at least 4 members (excludes halogenated alkanes) is 4. The van der Waals surface area contributed by atoms with Gasteiger partial charge < -0.3 is 18.0 Å². The zero-order valence-corrected chi connectivity index (χ0v) is 22.9. The second kappa shape index (κ2) is 16.7. The molecule has 33 heavy (non-hydrogen) atoms. The Morgan fingerprint density at radius 1 is 0.727 bits per heavy atom. The number of rotatable bonds is 18. The maximum atomic E-state index is 6.02. The number of benzene rings is 1. The van der Waals surface area contributed by atoms with Crippen LogP contribution in [0, 0.1) is 5.92 Å². The van der Waals surface area contributed by atoms with Gasteiger partial charge in [-0.3, -0.25) is 0 Å². The van der Waals surface area contributed by atoms with Crippen molar-refractivity contribution in [2.75, 3.05) is 26.4 Å². The van der Waals surface area contributed by atoms with Gasteiger partial charge in [-0.25, -0.2) is 0 Å². The average Bonchev–Trinajstić information content (AvgIpc) is 2.83. The van der Waals surface area contributed by atoms with E-state index >= 15 is 0 Å². The van der Waals surface area contributed by atoms with Crippen molar-refractivity contribution in [1.29, 1.82) is 0 Å². The molecule has 0 aromatic heterocycles. The minimum absolute atomic E-state index is 0.620. The lowest BCUT2D eigenvalue weighted by Crippen LogP contribution is -2.46. The van der Waals surface area contributed by atoms with Gasteiger partial charge in [0.05, 0.1) is 6.61 Å². The lowest BCUT2D eigenvalue weighted by atomic mass is 9.77. The molecule has 4 nitrogen and oxygen atoms in total.